The van der Waals surface area contributed by atoms with Crippen molar-refractivity contribution in [3.8, 4) is 0 Å². The second kappa shape index (κ2) is 9.61. The number of nitrogens with zero attached hydrogens (tertiary/aromatic N) is 2. The van der Waals surface area contributed by atoms with Crippen LogP contribution in [0.1, 0.15) is 13.3 Å². The fourth-order valence-electron chi connectivity index (χ4n) is 6.21. The summed E-state index contributed by atoms with van der Waals surface area (Å²) in [4.78, 5) is 43.7. The highest BCUT2D eigenvalue weighted by molar-refractivity contribution is 9.09. The molecule has 2 bridgehead atoms. The molecule has 0 radical (unpaired) electrons. The van der Waals surface area contributed by atoms with Crippen LogP contribution in [0.3, 0.4) is 0 Å². The molecular formula is C27H29BrN2O6. The number of carbonyl (C=O) groups excluding carboxylic acids is 3. The van der Waals surface area contributed by atoms with Gasteiger partial charge in [0.15, 0.2) is 0 Å². The van der Waals surface area contributed by atoms with Crippen molar-refractivity contribution in [2.24, 2.45) is 11.8 Å². The molecule has 5 rings (SSSR count). The van der Waals surface area contributed by atoms with Crippen molar-refractivity contribution in [1.82, 2.24) is 4.90 Å². The summed E-state index contributed by atoms with van der Waals surface area (Å²) >= 11 is 3.63. The molecule has 190 valence electrons. The van der Waals surface area contributed by atoms with Gasteiger partial charge >= 0.3 is 5.97 Å². The number of halogens is 1. The van der Waals surface area contributed by atoms with Crippen LogP contribution in [0.5, 0.6) is 0 Å². The average molecular weight is 557 g/mol. The lowest BCUT2D eigenvalue weighted by Crippen LogP contribution is -2.57. The summed E-state index contributed by atoms with van der Waals surface area (Å²) in [5, 5.41) is 11.8. The molecule has 2 aromatic rings. The SMILES string of the molecule is C=CCN(C(=O)C1N(CCO)C(=O)[C@@H]2[C@@H](C(=O)OCC)[C@@H]3OC12CC3Br)c1ccc2ccccc2c1. The van der Waals surface area contributed by atoms with Gasteiger partial charge in [0.1, 0.15) is 11.6 Å². The number of hydrogen-bond donors (Lipinski definition) is 1. The molecule has 3 aliphatic rings. The van der Waals surface area contributed by atoms with Gasteiger partial charge in [-0.1, -0.05) is 52.3 Å². The monoisotopic (exact) mass is 556 g/mol. The molecule has 1 N–H and O–H groups in total. The Hall–Kier alpha value is -2.75. The molecule has 36 heavy (non-hydrogen) atoms. The van der Waals surface area contributed by atoms with E-state index in [-0.39, 0.29) is 42.9 Å². The van der Waals surface area contributed by atoms with Gasteiger partial charge in [0.25, 0.3) is 5.91 Å². The van der Waals surface area contributed by atoms with Crippen LogP contribution >= 0.6 is 15.9 Å². The number of aliphatic hydroxyl groups is 1. The van der Waals surface area contributed by atoms with Gasteiger partial charge in [-0.2, -0.15) is 0 Å². The Morgan fingerprint density at radius 3 is 2.75 bits per heavy atom. The van der Waals surface area contributed by atoms with Gasteiger partial charge in [-0.3, -0.25) is 14.4 Å². The molecule has 0 aliphatic carbocycles. The fourth-order valence-corrected chi connectivity index (χ4v) is 7.15. The zero-order chi connectivity index (χ0) is 25.6. The minimum atomic E-state index is -1.20. The minimum Gasteiger partial charge on any atom is -0.466 e. The van der Waals surface area contributed by atoms with Crippen molar-refractivity contribution < 1.29 is 29.0 Å². The average Bonchev–Trinajstić information content (AvgIpc) is 3.46. The standard InChI is InChI=1S/C27H29BrN2O6/c1-3-11-29(18-10-9-16-7-5-6-8-17(16)14-18)25(33)23-27-15-19(28)22(36-27)20(26(34)35-4-2)21(27)24(32)30(23)12-13-31/h3,5-10,14,19-23,31H,1,4,11-13,15H2,2H3/t19?,20-,21+,22-,23?,27?/m1/s1. The van der Waals surface area contributed by atoms with Crippen molar-refractivity contribution in [2.75, 3.05) is 31.2 Å². The number of rotatable bonds is 8. The highest BCUT2D eigenvalue weighted by Gasteiger charge is 2.77. The quantitative estimate of drug-likeness (QED) is 0.305. The number of amides is 2. The van der Waals surface area contributed by atoms with Crippen molar-refractivity contribution in [1.29, 1.82) is 0 Å². The number of fused-ring (bicyclic) bond motifs is 2. The first-order valence-electron chi connectivity index (χ1n) is 12.2. The van der Waals surface area contributed by atoms with E-state index in [1.807, 2.05) is 42.5 Å². The number of likely N-dealkylation sites (tertiary alicyclic amines) is 1. The maximum absolute atomic E-state index is 14.3. The Morgan fingerprint density at radius 2 is 2.06 bits per heavy atom. The van der Waals surface area contributed by atoms with Crippen LogP contribution < -0.4 is 4.90 Å². The molecule has 0 aromatic heterocycles. The fraction of sp³-hybridized carbons (Fsp3) is 0.444. The maximum Gasteiger partial charge on any atom is 0.312 e. The van der Waals surface area contributed by atoms with E-state index in [0.717, 1.165) is 10.8 Å². The lowest BCUT2D eigenvalue weighted by molar-refractivity contribution is -0.154. The number of ether oxygens (including phenoxy) is 2. The number of esters is 1. The molecule has 3 aliphatic heterocycles. The van der Waals surface area contributed by atoms with Gasteiger partial charge in [-0.05, 0) is 36.2 Å². The number of benzene rings is 2. The Balaban J connectivity index is 1.58. The van der Waals surface area contributed by atoms with Crippen LogP contribution in [0.4, 0.5) is 5.69 Å². The number of anilines is 1. The van der Waals surface area contributed by atoms with E-state index in [4.69, 9.17) is 9.47 Å². The lowest BCUT2D eigenvalue weighted by Gasteiger charge is -2.37. The molecule has 9 heteroatoms. The van der Waals surface area contributed by atoms with E-state index >= 15 is 0 Å². The molecule has 2 aromatic carbocycles. The van der Waals surface area contributed by atoms with Gasteiger partial charge in [0.2, 0.25) is 5.91 Å². The zero-order valence-corrected chi connectivity index (χ0v) is 21.6. The molecule has 6 atom stereocenters. The molecule has 3 unspecified atom stereocenters. The summed E-state index contributed by atoms with van der Waals surface area (Å²) in [6.45, 7) is 5.59. The third-order valence-corrected chi connectivity index (χ3v) is 8.39. The summed E-state index contributed by atoms with van der Waals surface area (Å²) in [5.41, 5.74) is -0.532. The number of hydrogen-bond acceptors (Lipinski definition) is 6. The van der Waals surface area contributed by atoms with Crippen molar-refractivity contribution in [3.05, 3.63) is 55.1 Å². The van der Waals surface area contributed by atoms with Gasteiger partial charge in [-0.15, -0.1) is 6.58 Å². The van der Waals surface area contributed by atoms with Crippen molar-refractivity contribution >= 4 is 50.2 Å². The molecule has 3 fully saturated rings. The third-order valence-electron chi connectivity index (χ3n) is 7.55. The van der Waals surface area contributed by atoms with Crippen molar-refractivity contribution in [2.45, 2.75) is 35.9 Å². The second-order valence-electron chi connectivity index (χ2n) is 9.44. The van der Waals surface area contributed by atoms with E-state index in [2.05, 4.69) is 22.5 Å². The van der Waals surface area contributed by atoms with Crippen LogP contribution in [0, 0.1) is 11.8 Å². The van der Waals surface area contributed by atoms with Crippen LogP contribution in [-0.2, 0) is 23.9 Å². The zero-order valence-electron chi connectivity index (χ0n) is 20.0. The predicted octanol–water partition coefficient (Wildman–Crippen LogP) is 2.66. The summed E-state index contributed by atoms with van der Waals surface area (Å²) in [7, 11) is 0. The highest BCUT2D eigenvalue weighted by Crippen LogP contribution is 2.60. The Kier molecular flexibility index (Phi) is 6.65. The molecule has 2 amide bonds. The molecule has 1 spiro atoms. The molecular weight excluding hydrogens is 528 g/mol. The van der Waals surface area contributed by atoms with E-state index in [0.29, 0.717) is 12.1 Å². The smallest absolute Gasteiger partial charge is 0.312 e. The van der Waals surface area contributed by atoms with Crippen molar-refractivity contribution in [3.63, 3.8) is 0 Å². The number of β-amino-alcohol motifs (C(OH)–C–C–N with tert-alkyl or cyclic N) is 1. The first-order valence-corrected chi connectivity index (χ1v) is 13.1. The summed E-state index contributed by atoms with van der Waals surface area (Å²) in [5.74, 6) is -2.86. The Labute approximate surface area is 218 Å². The summed E-state index contributed by atoms with van der Waals surface area (Å²) < 4.78 is 11.7. The van der Waals surface area contributed by atoms with Gasteiger partial charge in [0, 0.05) is 23.6 Å². The topological polar surface area (TPSA) is 96.4 Å². The largest absolute Gasteiger partial charge is 0.466 e. The van der Waals surface area contributed by atoms with Crippen LogP contribution in [-0.4, -0.2) is 76.7 Å². The number of carbonyl (C=O) groups is 3. The molecule has 3 heterocycles. The number of alkyl halides is 1. The Morgan fingerprint density at radius 1 is 1.31 bits per heavy atom. The van der Waals surface area contributed by atoms with E-state index in [9.17, 15) is 19.5 Å². The van der Waals surface area contributed by atoms with Crippen LogP contribution in [0.2, 0.25) is 0 Å². The molecule has 3 saturated heterocycles. The second-order valence-corrected chi connectivity index (χ2v) is 10.6. The predicted molar refractivity (Wildman–Crippen MR) is 138 cm³/mol. The van der Waals surface area contributed by atoms with Gasteiger partial charge in [0.05, 0.1) is 31.2 Å². The van der Waals surface area contributed by atoms with Gasteiger partial charge in [-0.25, -0.2) is 0 Å². The minimum absolute atomic E-state index is 0.0380. The van der Waals surface area contributed by atoms with Crippen LogP contribution in [0.15, 0.2) is 55.1 Å². The first-order chi connectivity index (χ1) is 17.4. The van der Waals surface area contributed by atoms with E-state index in [1.165, 1.54) is 4.90 Å². The van der Waals surface area contributed by atoms with Crippen LogP contribution in [0.25, 0.3) is 10.8 Å². The Bertz CT molecular complexity index is 1220. The molecule has 0 saturated carbocycles. The first kappa shape index (κ1) is 24.9. The summed E-state index contributed by atoms with van der Waals surface area (Å²) in [6.07, 6.45) is 1.46. The van der Waals surface area contributed by atoms with E-state index in [1.54, 1.807) is 17.9 Å². The molecule has 8 nitrogen and oxygen atoms in total. The highest BCUT2D eigenvalue weighted by atomic mass is 79.9. The number of aliphatic hydroxyl groups excluding tert-OH is 1. The van der Waals surface area contributed by atoms with Gasteiger partial charge < -0.3 is 24.4 Å². The normalized spacial score (nSPS) is 30.5. The lowest BCUT2D eigenvalue weighted by atomic mass is 9.70. The summed E-state index contributed by atoms with van der Waals surface area (Å²) in [6, 6.07) is 12.6. The third kappa shape index (κ3) is 3.67. The van der Waals surface area contributed by atoms with E-state index < -0.39 is 35.6 Å². The maximum atomic E-state index is 14.3.